The van der Waals surface area contributed by atoms with E-state index in [-0.39, 0.29) is 5.97 Å². The van der Waals surface area contributed by atoms with Crippen LogP contribution in [0.3, 0.4) is 0 Å². The summed E-state index contributed by atoms with van der Waals surface area (Å²) in [5, 5.41) is 4.73. The average Bonchev–Trinajstić information content (AvgIpc) is 2.44. The lowest BCUT2D eigenvalue weighted by atomic mass is 10.1. The van der Waals surface area contributed by atoms with E-state index in [0.29, 0.717) is 22.7 Å². The summed E-state index contributed by atoms with van der Waals surface area (Å²) in [5.74, 6) is -0.372. The molecule has 21 heavy (non-hydrogen) atoms. The van der Waals surface area contributed by atoms with E-state index in [1.807, 2.05) is 19.1 Å². The van der Waals surface area contributed by atoms with Gasteiger partial charge in [0.1, 0.15) is 5.56 Å². The largest absolute Gasteiger partial charge is 0.462 e. The zero-order valence-electron chi connectivity index (χ0n) is 12.5. The number of nitrogens with one attached hydrogen (secondary N) is 1. The van der Waals surface area contributed by atoms with E-state index in [4.69, 9.17) is 16.3 Å². The SMILES string of the molecule is CCCNc1c(C(=O)OCC)cnc2c(Cl)cc(C)cc12. The molecule has 0 spiro atoms. The molecule has 0 bridgehead atoms. The minimum absolute atomic E-state index is 0.332. The lowest BCUT2D eigenvalue weighted by Crippen LogP contribution is -2.11. The van der Waals surface area contributed by atoms with Gasteiger partial charge in [-0.3, -0.25) is 4.98 Å². The van der Waals surface area contributed by atoms with Crippen LogP contribution in [0.4, 0.5) is 5.69 Å². The maximum atomic E-state index is 12.1. The molecule has 1 aromatic carbocycles. The second-order valence-corrected chi connectivity index (χ2v) is 5.24. The lowest BCUT2D eigenvalue weighted by molar-refractivity contribution is 0.0527. The molecule has 0 atom stereocenters. The van der Waals surface area contributed by atoms with Crippen LogP contribution < -0.4 is 5.32 Å². The molecule has 0 unspecified atom stereocenters. The van der Waals surface area contributed by atoms with E-state index in [1.54, 1.807) is 6.92 Å². The third-order valence-corrected chi connectivity index (χ3v) is 3.40. The van der Waals surface area contributed by atoms with Crippen LogP contribution in [0.25, 0.3) is 10.9 Å². The first-order valence-corrected chi connectivity index (χ1v) is 7.46. The van der Waals surface area contributed by atoms with Crippen LogP contribution in [0.1, 0.15) is 36.2 Å². The molecule has 1 heterocycles. The lowest BCUT2D eigenvalue weighted by Gasteiger charge is -2.14. The molecule has 0 aliphatic carbocycles. The van der Waals surface area contributed by atoms with Gasteiger partial charge in [0.2, 0.25) is 0 Å². The van der Waals surface area contributed by atoms with Crippen molar-refractivity contribution in [3.05, 3.63) is 34.5 Å². The molecule has 0 aliphatic heterocycles. The number of carbonyl (C=O) groups is 1. The summed E-state index contributed by atoms with van der Waals surface area (Å²) in [7, 11) is 0. The van der Waals surface area contributed by atoms with E-state index in [0.717, 1.165) is 29.6 Å². The Labute approximate surface area is 129 Å². The Kier molecular flexibility index (Phi) is 5.02. The van der Waals surface area contributed by atoms with Crippen LogP contribution in [0.2, 0.25) is 5.02 Å². The number of rotatable bonds is 5. The highest BCUT2D eigenvalue weighted by Gasteiger charge is 2.17. The zero-order chi connectivity index (χ0) is 15.4. The van der Waals surface area contributed by atoms with Crippen molar-refractivity contribution in [1.82, 2.24) is 4.98 Å². The van der Waals surface area contributed by atoms with Crippen molar-refractivity contribution in [2.24, 2.45) is 0 Å². The summed E-state index contributed by atoms with van der Waals surface area (Å²) in [6.07, 6.45) is 2.48. The number of ether oxygens (including phenoxy) is 1. The van der Waals surface area contributed by atoms with Crippen LogP contribution in [0.5, 0.6) is 0 Å². The Morgan fingerprint density at radius 2 is 2.14 bits per heavy atom. The number of hydrogen-bond acceptors (Lipinski definition) is 4. The maximum Gasteiger partial charge on any atom is 0.341 e. The molecular formula is C16H19ClN2O2. The molecule has 4 nitrogen and oxygen atoms in total. The summed E-state index contributed by atoms with van der Waals surface area (Å²) >= 11 is 6.25. The van der Waals surface area contributed by atoms with Crippen molar-refractivity contribution in [1.29, 1.82) is 0 Å². The summed E-state index contributed by atoms with van der Waals surface area (Å²) in [6, 6.07) is 3.85. The first-order valence-electron chi connectivity index (χ1n) is 7.08. The molecule has 0 saturated carbocycles. The minimum Gasteiger partial charge on any atom is -0.462 e. The van der Waals surface area contributed by atoms with E-state index < -0.39 is 0 Å². The number of hydrogen-bond donors (Lipinski definition) is 1. The number of esters is 1. The van der Waals surface area contributed by atoms with Crippen LogP contribution in [-0.2, 0) is 4.74 Å². The van der Waals surface area contributed by atoms with E-state index in [2.05, 4.69) is 17.2 Å². The fourth-order valence-electron chi connectivity index (χ4n) is 2.20. The molecule has 1 aromatic heterocycles. The first-order chi connectivity index (χ1) is 10.1. The highest BCUT2D eigenvalue weighted by molar-refractivity contribution is 6.35. The smallest absolute Gasteiger partial charge is 0.341 e. The third kappa shape index (κ3) is 3.27. The number of aryl methyl sites for hydroxylation is 1. The van der Waals surface area contributed by atoms with Gasteiger partial charge >= 0.3 is 5.97 Å². The number of anilines is 1. The fourth-order valence-corrected chi connectivity index (χ4v) is 2.52. The molecule has 0 radical (unpaired) electrons. The second-order valence-electron chi connectivity index (χ2n) is 4.84. The molecule has 0 amide bonds. The number of fused-ring (bicyclic) bond motifs is 1. The van der Waals surface area contributed by atoms with Crippen molar-refractivity contribution in [2.75, 3.05) is 18.5 Å². The van der Waals surface area contributed by atoms with E-state index >= 15 is 0 Å². The average molecular weight is 307 g/mol. The monoisotopic (exact) mass is 306 g/mol. The topological polar surface area (TPSA) is 51.2 Å². The molecule has 2 rings (SSSR count). The van der Waals surface area contributed by atoms with Gasteiger partial charge < -0.3 is 10.1 Å². The Morgan fingerprint density at radius 3 is 2.81 bits per heavy atom. The summed E-state index contributed by atoms with van der Waals surface area (Å²) in [4.78, 5) is 16.4. The highest BCUT2D eigenvalue weighted by Crippen LogP contribution is 2.32. The first kappa shape index (κ1) is 15.6. The number of nitrogens with zero attached hydrogens (tertiary/aromatic N) is 1. The minimum atomic E-state index is -0.372. The number of carbonyl (C=O) groups excluding carboxylic acids is 1. The summed E-state index contributed by atoms with van der Waals surface area (Å²) < 4.78 is 5.11. The zero-order valence-corrected chi connectivity index (χ0v) is 13.3. The third-order valence-electron chi connectivity index (χ3n) is 3.12. The summed E-state index contributed by atoms with van der Waals surface area (Å²) in [5.41, 5.74) is 2.90. The van der Waals surface area contributed by atoms with Crippen LogP contribution in [0.15, 0.2) is 18.3 Å². The van der Waals surface area contributed by atoms with Gasteiger partial charge in [0, 0.05) is 18.1 Å². The van der Waals surface area contributed by atoms with E-state index in [9.17, 15) is 4.79 Å². The molecule has 0 fully saturated rings. The highest BCUT2D eigenvalue weighted by atomic mass is 35.5. The van der Waals surface area contributed by atoms with E-state index in [1.165, 1.54) is 6.20 Å². The molecule has 2 aromatic rings. The Balaban J connectivity index is 2.66. The standard InChI is InChI=1S/C16H19ClN2O2/c1-4-6-18-14-11-7-10(3)8-13(17)15(11)19-9-12(14)16(20)21-5-2/h7-9H,4-6H2,1-3H3,(H,18,19). The van der Waals surface area contributed by atoms with Gasteiger partial charge in [-0.25, -0.2) is 4.79 Å². The predicted molar refractivity (Wildman–Crippen MR) is 86.2 cm³/mol. The van der Waals surface area contributed by atoms with Gasteiger partial charge in [0.15, 0.2) is 0 Å². The molecule has 1 N–H and O–H groups in total. The van der Waals surface area contributed by atoms with Crippen molar-refractivity contribution in [3.63, 3.8) is 0 Å². The number of pyridine rings is 1. The Bertz CT molecular complexity index is 671. The summed E-state index contributed by atoms with van der Waals surface area (Å²) in [6.45, 7) is 6.91. The Hall–Kier alpha value is -1.81. The number of benzene rings is 1. The normalized spacial score (nSPS) is 10.7. The fraction of sp³-hybridized carbons (Fsp3) is 0.375. The van der Waals surface area contributed by atoms with Gasteiger partial charge in [-0.2, -0.15) is 0 Å². The van der Waals surface area contributed by atoms with Gasteiger partial charge in [0.25, 0.3) is 0 Å². The van der Waals surface area contributed by atoms with Crippen molar-refractivity contribution in [2.45, 2.75) is 27.2 Å². The van der Waals surface area contributed by atoms with Crippen LogP contribution >= 0.6 is 11.6 Å². The van der Waals surface area contributed by atoms with Gasteiger partial charge in [-0.05, 0) is 38.0 Å². The van der Waals surface area contributed by atoms with Crippen molar-refractivity contribution >= 4 is 34.2 Å². The van der Waals surface area contributed by atoms with Crippen LogP contribution in [0, 0.1) is 6.92 Å². The molecule has 112 valence electrons. The predicted octanol–water partition coefficient (Wildman–Crippen LogP) is 4.20. The molecule has 5 heteroatoms. The maximum absolute atomic E-state index is 12.1. The number of aromatic nitrogens is 1. The Morgan fingerprint density at radius 1 is 1.38 bits per heavy atom. The van der Waals surface area contributed by atoms with Crippen LogP contribution in [-0.4, -0.2) is 24.1 Å². The quantitative estimate of drug-likeness (QED) is 0.841. The van der Waals surface area contributed by atoms with Gasteiger partial charge in [0.05, 0.1) is 22.8 Å². The van der Waals surface area contributed by atoms with Gasteiger partial charge in [-0.15, -0.1) is 0 Å². The second kappa shape index (κ2) is 6.76. The molecule has 0 saturated heterocycles. The molecular weight excluding hydrogens is 288 g/mol. The van der Waals surface area contributed by atoms with Gasteiger partial charge in [-0.1, -0.05) is 18.5 Å². The van der Waals surface area contributed by atoms with Crippen molar-refractivity contribution in [3.8, 4) is 0 Å². The molecule has 0 aliphatic rings. The number of halogens is 1. The van der Waals surface area contributed by atoms with Crippen molar-refractivity contribution < 1.29 is 9.53 Å².